The number of pyridine rings is 1. The average molecular weight is 411 g/mol. The zero-order valence-corrected chi connectivity index (χ0v) is 16.8. The Kier molecular flexibility index (Phi) is 4.88. The lowest BCUT2D eigenvalue weighted by atomic mass is 9.75. The van der Waals surface area contributed by atoms with E-state index in [2.05, 4.69) is 20.9 Å². The molecule has 0 aromatic carbocycles. The standard InChI is InChI=1S/C19H27BrN2O3/c1-17(2,3)25-16(23)22-11-8-18(9-12-22)6-7-19(24,13-18)14-5-4-10-21-15(14)20/h4-5,10,24H,6-9,11-13H2,1-3H3. The first-order valence-electron chi connectivity index (χ1n) is 8.94. The highest BCUT2D eigenvalue weighted by atomic mass is 79.9. The van der Waals surface area contributed by atoms with Crippen LogP contribution in [-0.4, -0.2) is 39.8 Å². The van der Waals surface area contributed by atoms with Gasteiger partial charge in [0.15, 0.2) is 0 Å². The lowest BCUT2D eigenvalue weighted by Crippen LogP contribution is -2.45. The molecule has 6 heteroatoms. The largest absolute Gasteiger partial charge is 0.444 e. The van der Waals surface area contributed by atoms with Gasteiger partial charge < -0.3 is 14.7 Å². The van der Waals surface area contributed by atoms with E-state index in [4.69, 9.17) is 4.74 Å². The van der Waals surface area contributed by atoms with Crippen LogP contribution in [0.15, 0.2) is 22.9 Å². The Labute approximate surface area is 157 Å². The lowest BCUT2D eigenvalue weighted by molar-refractivity contribution is -0.00138. The van der Waals surface area contributed by atoms with Gasteiger partial charge in [0.1, 0.15) is 10.2 Å². The number of ether oxygens (including phenoxy) is 1. The van der Waals surface area contributed by atoms with Crippen LogP contribution in [0, 0.1) is 5.41 Å². The molecule has 2 heterocycles. The molecule has 2 fully saturated rings. The van der Waals surface area contributed by atoms with Gasteiger partial charge in [-0.3, -0.25) is 0 Å². The van der Waals surface area contributed by atoms with Crippen LogP contribution in [0.25, 0.3) is 0 Å². The van der Waals surface area contributed by atoms with Crippen LogP contribution >= 0.6 is 15.9 Å². The predicted octanol–water partition coefficient (Wildman–Crippen LogP) is 4.23. The molecule has 138 valence electrons. The summed E-state index contributed by atoms with van der Waals surface area (Å²) in [6.07, 6.45) is 5.76. The van der Waals surface area contributed by atoms with Gasteiger partial charge in [0, 0.05) is 24.8 Å². The number of carbonyl (C=O) groups excluding carboxylic acids is 1. The minimum atomic E-state index is -0.832. The van der Waals surface area contributed by atoms with Crippen LogP contribution in [0.5, 0.6) is 0 Å². The second-order valence-corrected chi connectivity index (χ2v) is 9.27. The Balaban J connectivity index is 1.65. The van der Waals surface area contributed by atoms with Crippen molar-refractivity contribution < 1.29 is 14.6 Å². The summed E-state index contributed by atoms with van der Waals surface area (Å²) in [5.74, 6) is 0. The third-order valence-electron chi connectivity index (χ3n) is 5.47. The summed E-state index contributed by atoms with van der Waals surface area (Å²) in [5.41, 5.74) is -0.322. The van der Waals surface area contributed by atoms with Crippen LogP contribution in [0.1, 0.15) is 58.4 Å². The molecule has 0 radical (unpaired) electrons. The summed E-state index contributed by atoms with van der Waals surface area (Å²) in [7, 11) is 0. The molecule has 5 nitrogen and oxygen atoms in total. The summed E-state index contributed by atoms with van der Waals surface area (Å²) >= 11 is 3.47. The van der Waals surface area contributed by atoms with Crippen LogP contribution < -0.4 is 0 Å². The predicted molar refractivity (Wildman–Crippen MR) is 99.2 cm³/mol. The average Bonchev–Trinajstić information content (AvgIpc) is 2.84. The highest BCUT2D eigenvalue weighted by Gasteiger charge is 2.50. The third-order valence-corrected chi connectivity index (χ3v) is 6.10. The number of hydrogen-bond donors (Lipinski definition) is 1. The molecule has 1 aromatic rings. The number of halogens is 1. The molecule has 2 aliphatic rings. The fourth-order valence-corrected chi connectivity index (χ4v) is 4.77. The maximum Gasteiger partial charge on any atom is 0.410 e. The normalized spacial score (nSPS) is 26.0. The summed E-state index contributed by atoms with van der Waals surface area (Å²) in [6.45, 7) is 7.05. The van der Waals surface area contributed by atoms with Crippen molar-refractivity contribution >= 4 is 22.0 Å². The third kappa shape index (κ3) is 4.00. The Bertz CT molecular complexity index is 650. The van der Waals surface area contributed by atoms with Gasteiger partial charge in [-0.25, -0.2) is 9.78 Å². The van der Waals surface area contributed by atoms with E-state index in [-0.39, 0.29) is 11.5 Å². The molecule has 1 saturated heterocycles. The number of rotatable bonds is 1. The topological polar surface area (TPSA) is 62.7 Å². The van der Waals surface area contributed by atoms with Gasteiger partial charge in [-0.1, -0.05) is 6.07 Å². The van der Waals surface area contributed by atoms with Crippen molar-refractivity contribution in [2.45, 2.75) is 64.1 Å². The van der Waals surface area contributed by atoms with Gasteiger partial charge in [0.2, 0.25) is 0 Å². The number of aromatic nitrogens is 1. The molecule has 1 atom stereocenters. The van der Waals surface area contributed by atoms with Crippen molar-refractivity contribution in [1.82, 2.24) is 9.88 Å². The van der Waals surface area contributed by atoms with E-state index in [0.29, 0.717) is 13.1 Å². The van der Waals surface area contributed by atoms with Gasteiger partial charge >= 0.3 is 6.09 Å². The second-order valence-electron chi connectivity index (χ2n) is 8.52. The van der Waals surface area contributed by atoms with E-state index in [1.807, 2.05) is 32.9 Å². The summed E-state index contributed by atoms with van der Waals surface area (Å²) in [5, 5.41) is 11.2. The Morgan fingerprint density at radius 1 is 1.28 bits per heavy atom. The van der Waals surface area contributed by atoms with E-state index < -0.39 is 11.2 Å². The van der Waals surface area contributed by atoms with Gasteiger partial charge in [-0.15, -0.1) is 0 Å². The zero-order chi connectivity index (χ0) is 18.3. The Hall–Kier alpha value is -1.14. The molecule has 1 aliphatic carbocycles. The molecule has 1 saturated carbocycles. The van der Waals surface area contributed by atoms with Crippen molar-refractivity contribution in [1.29, 1.82) is 0 Å². The first-order chi connectivity index (χ1) is 11.6. The second kappa shape index (κ2) is 6.54. The molecule has 1 aromatic heterocycles. The molecule has 1 unspecified atom stereocenters. The molecular weight excluding hydrogens is 384 g/mol. The molecule has 25 heavy (non-hydrogen) atoms. The van der Waals surface area contributed by atoms with E-state index in [1.54, 1.807) is 11.1 Å². The van der Waals surface area contributed by atoms with Crippen molar-refractivity contribution in [2.24, 2.45) is 5.41 Å². The first-order valence-corrected chi connectivity index (χ1v) is 9.73. The van der Waals surface area contributed by atoms with Crippen LogP contribution in [0.2, 0.25) is 0 Å². The minimum absolute atomic E-state index is 0.0997. The van der Waals surface area contributed by atoms with E-state index >= 15 is 0 Å². The van der Waals surface area contributed by atoms with Gasteiger partial charge in [0.25, 0.3) is 0 Å². The quantitative estimate of drug-likeness (QED) is 0.703. The molecule has 0 bridgehead atoms. The van der Waals surface area contributed by atoms with Crippen molar-refractivity contribution in [2.75, 3.05) is 13.1 Å². The number of nitrogens with zero attached hydrogens (tertiary/aromatic N) is 2. The monoisotopic (exact) mass is 410 g/mol. The molecule has 1 spiro atoms. The lowest BCUT2D eigenvalue weighted by Gasteiger charge is -2.40. The molecular formula is C19H27BrN2O3. The van der Waals surface area contributed by atoms with Crippen LogP contribution in [-0.2, 0) is 10.3 Å². The first kappa shape index (κ1) is 18.6. The molecule has 3 rings (SSSR count). The fourth-order valence-electron chi connectivity index (χ4n) is 4.15. The van der Waals surface area contributed by atoms with Gasteiger partial charge in [0.05, 0.1) is 5.60 Å². The van der Waals surface area contributed by atoms with E-state index in [0.717, 1.165) is 42.3 Å². The molecule has 1 N–H and O–H groups in total. The van der Waals surface area contributed by atoms with Crippen molar-refractivity contribution in [3.8, 4) is 0 Å². The van der Waals surface area contributed by atoms with E-state index in [9.17, 15) is 9.90 Å². The SMILES string of the molecule is CC(C)(C)OC(=O)N1CCC2(CC1)CCC(O)(c1cccnc1Br)C2. The minimum Gasteiger partial charge on any atom is -0.444 e. The van der Waals surface area contributed by atoms with E-state index in [1.165, 1.54) is 0 Å². The Morgan fingerprint density at radius 2 is 1.96 bits per heavy atom. The summed E-state index contributed by atoms with van der Waals surface area (Å²) in [6, 6.07) is 3.82. The van der Waals surface area contributed by atoms with Crippen LogP contribution in [0.3, 0.4) is 0 Å². The van der Waals surface area contributed by atoms with Crippen molar-refractivity contribution in [3.63, 3.8) is 0 Å². The number of amides is 1. The number of aliphatic hydroxyl groups is 1. The smallest absolute Gasteiger partial charge is 0.410 e. The van der Waals surface area contributed by atoms with Gasteiger partial charge in [-0.05, 0) is 80.3 Å². The number of piperidine rings is 1. The molecule has 1 aliphatic heterocycles. The Morgan fingerprint density at radius 3 is 2.56 bits per heavy atom. The maximum atomic E-state index is 12.3. The number of carbonyl (C=O) groups is 1. The molecule has 1 amide bonds. The fraction of sp³-hybridized carbons (Fsp3) is 0.684. The highest BCUT2D eigenvalue weighted by Crippen LogP contribution is 2.55. The summed E-state index contributed by atoms with van der Waals surface area (Å²) < 4.78 is 6.20. The van der Waals surface area contributed by atoms with Crippen molar-refractivity contribution in [3.05, 3.63) is 28.5 Å². The highest BCUT2D eigenvalue weighted by molar-refractivity contribution is 9.10. The maximum absolute atomic E-state index is 12.3. The number of hydrogen-bond acceptors (Lipinski definition) is 4. The summed E-state index contributed by atoms with van der Waals surface area (Å²) in [4.78, 5) is 18.3. The van der Waals surface area contributed by atoms with Gasteiger partial charge in [-0.2, -0.15) is 0 Å². The zero-order valence-electron chi connectivity index (χ0n) is 15.2. The number of likely N-dealkylation sites (tertiary alicyclic amines) is 1. The van der Waals surface area contributed by atoms with Crippen LogP contribution in [0.4, 0.5) is 4.79 Å².